The highest BCUT2D eigenvalue weighted by molar-refractivity contribution is 9.10. The van der Waals surface area contributed by atoms with Gasteiger partial charge < -0.3 is 4.90 Å². The number of aromatic nitrogens is 2. The average molecular weight is 402 g/mol. The average Bonchev–Trinajstić information content (AvgIpc) is 3.25. The van der Waals surface area contributed by atoms with Gasteiger partial charge >= 0.3 is 0 Å². The molecule has 24 heavy (non-hydrogen) atoms. The first kappa shape index (κ1) is 15.6. The molecule has 0 saturated heterocycles. The minimum atomic E-state index is 0.00946. The number of rotatable bonds is 2. The van der Waals surface area contributed by atoms with Crippen LogP contribution >= 0.6 is 27.3 Å². The van der Waals surface area contributed by atoms with Gasteiger partial charge in [0.1, 0.15) is 5.69 Å². The van der Waals surface area contributed by atoms with Gasteiger partial charge in [0.25, 0.3) is 5.91 Å². The maximum Gasteiger partial charge on any atom is 0.272 e. The molecule has 0 aliphatic carbocycles. The third-order valence-corrected chi connectivity index (χ3v) is 6.01. The molecule has 3 heterocycles. The van der Waals surface area contributed by atoms with Gasteiger partial charge in [0, 0.05) is 21.5 Å². The van der Waals surface area contributed by atoms with Crippen molar-refractivity contribution in [2.24, 2.45) is 0 Å². The lowest BCUT2D eigenvalue weighted by atomic mass is 10.0. The number of hydrogen-bond donors (Lipinski definition) is 1. The minimum Gasteiger partial charge on any atom is -0.330 e. The zero-order valence-corrected chi connectivity index (χ0v) is 15.5. The smallest absolute Gasteiger partial charge is 0.272 e. The number of nitrogens with one attached hydrogen (secondary N) is 1. The van der Waals surface area contributed by atoms with Crippen molar-refractivity contribution in [1.29, 1.82) is 0 Å². The molecule has 6 heteroatoms. The van der Waals surface area contributed by atoms with Crippen LogP contribution in [-0.4, -0.2) is 27.5 Å². The van der Waals surface area contributed by atoms with Gasteiger partial charge in [-0.3, -0.25) is 9.89 Å². The van der Waals surface area contributed by atoms with Crippen molar-refractivity contribution in [2.75, 3.05) is 6.54 Å². The van der Waals surface area contributed by atoms with E-state index < -0.39 is 0 Å². The summed E-state index contributed by atoms with van der Waals surface area (Å²) in [5.41, 5.74) is 3.58. The summed E-state index contributed by atoms with van der Waals surface area (Å²) in [5, 5.41) is 9.32. The van der Waals surface area contributed by atoms with Crippen molar-refractivity contribution in [1.82, 2.24) is 15.1 Å². The topological polar surface area (TPSA) is 49.0 Å². The Balaban J connectivity index is 1.59. The van der Waals surface area contributed by atoms with Crippen LogP contribution < -0.4 is 0 Å². The Morgan fingerprint density at radius 1 is 1.33 bits per heavy atom. The summed E-state index contributed by atoms with van der Waals surface area (Å²) in [7, 11) is 0. The van der Waals surface area contributed by atoms with E-state index in [9.17, 15) is 4.79 Å². The monoisotopic (exact) mass is 401 g/mol. The Kier molecular flexibility index (Phi) is 4.02. The summed E-state index contributed by atoms with van der Waals surface area (Å²) in [5.74, 6) is 0.00946. The SMILES string of the molecule is CC1c2ccsc2CCN1C(=O)c1cc(-c2ccc(Br)cc2)n[nH]1. The number of halogens is 1. The number of H-pyrrole nitrogens is 1. The molecule has 0 spiro atoms. The van der Waals surface area contributed by atoms with Gasteiger partial charge in [-0.05, 0) is 48.6 Å². The lowest BCUT2D eigenvalue weighted by Gasteiger charge is -2.33. The van der Waals surface area contributed by atoms with E-state index in [2.05, 4.69) is 44.5 Å². The summed E-state index contributed by atoms with van der Waals surface area (Å²) in [6.07, 6.45) is 0.927. The summed E-state index contributed by atoms with van der Waals surface area (Å²) in [4.78, 5) is 16.2. The molecular weight excluding hydrogens is 386 g/mol. The molecule has 0 radical (unpaired) electrons. The molecule has 1 unspecified atom stereocenters. The van der Waals surface area contributed by atoms with Crippen LogP contribution in [0.4, 0.5) is 0 Å². The van der Waals surface area contributed by atoms with Crippen molar-refractivity contribution in [3.05, 3.63) is 62.4 Å². The number of nitrogens with zero attached hydrogens (tertiary/aromatic N) is 2. The quantitative estimate of drug-likeness (QED) is 0.678. The zero-order chi connectivity index (χ0) is 16.7. The molecule has 1 aromatic carbocycles. The Morgan fingerprint density at radius 2 is 2.12 bits per heavy atom. The second-order valence-electron chi connectivity index (χ2n) is 5.90. The number of benzene rings is 1. The number of fused-ring (bicyclic) bond motifs is 1. The molecule has 1 aliphatic rings. The van der Waals surface area contributed by atoms with Gasteiger partial charge in [-0.25, -0.2) is 0 Å². The van der Waals surface area contributed by atoms with Crippen LogP contribution in [0.15, 0.2) is 46.3 Å². The van der Waals surface area contributed by atoms with Crippen molar-refractivity contribution >= 4 is 33.2 Å². The van der Waals surface area contributed by atoms with Gasteiger partial charge in [0.2, 0.25) is 0 Å². The van der Waals surface area contributed by atoms with Gasteiger partial charge in [-0.15, -0.1) is 11.3 Å². The van der Waals surface area contributed by atoms with E-state index in [1.54, 1.807) is 11.3 Å². The van der Waals surface area contributed by atoms with E-state index in [0.717, 1.165) is 28.7 Å². The van der Waals surface area contributed by atoms with E-state index >= 15 is 0 Å². The first-order valence-corrected chi connectivity index (χ1v) is 9.49. The minimum absolute atomic E-state index is 0.00946. The molecule has 1 N–H and O–H groups in total. The number of amides is 1. The van der Waals surface area contributed by atoms with Crippen molar-refractivity contribution in [3.63, 3.8) is 0 Å². The number of carbonyl (C=O) groups excluding carboxylic acids is 1. The second-order valence-corrected chi connectivity index (χ2v) is 7.81. The molecule has 1 amide bonds. The summed E-state index contributed by atoms with van der Waals surface area (Å²) in [6.45, 7) is 2.84. The van der Waals surface area contributed by atoms with Crippen LogP contribution in [-0.2, 0) is 6.42 Å². The molecule has 1 atom stereocenters. The van der Waals surface area contributed by atoms with Crippen LogP contribution in [0.5, 0.6) is 0 Å². The fraction of sp³-hybridized carbons (Fsp3) is 0.222. The molecule has 0 bridgehead atoms. The normalized spacial score (nSPS) is 16.9. The lowest BCUT2D eigenvalue weighted by Crippen LogP contribution is -2.38. The number of carbonyl (C=O) groups is 1. The van der Waals surface area contributed by atoms with E-state index in [1.807, 2.05) is 35.2 Å². The van der Waals surface area contributed by atoms with Crippen molar-refractivity contribution < 1.29 is 4.79 Å². The number of thiophene rings is 1. The van der Waals surface area contributed by atoms with Gasteiger partial charge in [-0.1, -0.05) is 28.1 Å². The number of aromatic amines is 1. The third kappa shape index (κ3) is 2.70. The van der Waals surface area contributed by atoms with E-state index in [4.69, 9.17) is 0 Å². The predicted molar refractivity (Wildman–Crippen MR) is 99.2 cm³/mol. The molecule has 4 rings (SSSR count). The highest BCUT2D eigenvalue weighted by Gasteiger charge is 2.29. The standard InChI is InChI=1S/C18H16BrN3OS/c1-11-14-7-9-24-17(14)6-8-22(11)18(23)16-10-15(20-21-16)12-2-4-13(19)5-3-12/h2-5,7,9-11H,6,8H2,1H3,(H,20,21). The first-order chi connectivity index (χ1) is 11.6. The Bertz CT molecular complexity index is 884. The largest absolute Gasteiger partial charge is 0.330 e. The Labute approximate surface area is 152 Å². The Morgan fingerprint density at radius 3 is 2.92 bits per heavy atom. The Hall–Kier alpha value is -1.92. The molecule has 3 aromatic rings. The molecule has 2 aromatic heterocycles. The third-order valence-electron chi connectivity index (χ3n) is 4.49. The van der Waals surface area contributed by atoms with Crippen molar-refractivity contribution in [3.8, 4) is 11.3 Å². The molecule has 4 nitrogen and oxygen atoms in total. The highest BCUT2D eigenvalue weighted by atomic mass is 79.9. The molecule has 0 fully saturated rings. The van der Waals surface area contributed by atoms with Crippen LogP contribution in [0.3, 0.4) is 0 Å². The fourth-order valence-electron chi connectivity index (χ4n) is 3.14. The first-order valence-electron chi connectivity index (χ1n) is 7.82. The highest BCUT2D eigenvalue weighted by Crippen LogP contribution is 2.33. The van der Waals surface area contributed by atoms with Gasteiger partial charge in [0.15, 0.2) is 0 Å². The number of hydrogen-bond acceptors (Lipinski definition) is 3. The van der Waals surface area contributed by atoms with Gasteiger partial charge in [0.05, 0.1) is 11.7 Å². The van der Waals surface area contributed by atoms with Gasteiger partial charge in [-0.2, -0.15) is 5.10 Å². The van der Waals surface area contributed by atoms with E-state index in [-0.39, 0.29) is 11.9 Å². The van der Waals surface area contributed by atoms with E-state index in [0.29, 0.717) is 5.69 Å². The molecule has 0 saturated carbocycles. The lowest BCUT2D eigenvalue weighted by molar-refractivity contribution is 0.0673. The van der Waals surface area contributed by atoms with Crippen LogP contribution in [0.1, 0.15) is 33.9 Å². The van der Waals surface area contributed by atoms with Crippen LogP contribution in [0.25, 0.3) is 11.3 Å². The summed E-state index contributed by atoms with van der Waals surface area (Å²) >= 11 is 5.21. The van der Waals surface area contributed by atoms with Crippen LogP contribution in [0, 0.1) is 0 Å². The van der Waals surface area contributed by atoms with E-state index in [1.165, 1.54) is 10.4 Å². The predicted octanol–water partition coefficient (Wildman–Crippen LogP) is 4.66. The van der Waals surface area contributed by atoms with Crippen molar-refractivity contribution in [2.45, 2.75) is 19.4 Å². The maximum atomic E-state index is 12.9. The summed E-state index contributed by atoms with van der Waals surface area (Å²) in [6, 6.07) is 12.0. The summed E-state index contributed by atoms with van der Waals surface area (Å²) < 4.78 is 1.02. The molecule has 1 aliphatic heterocycles. The second kappa shape index (κ2) is 6.18. The molecular formula is C18H16BrN3OS. The maximum absolute atomic E-state index is 12.9. The van der Waals surface area contributed by atoms with Crippen LogP contribution in [0.2, 0.25) is 0 Å². The zero-order valence-electron chi connectivity index (χ0n) is 13.1. The molecule has 122 valence electrons. The fourth-order valence-corrected chi connectivity index (χ4v) is 4.37.